The van der Waals surface area contributed by atoms with E-state index in [-0.39, 0.29) is 26.4 Å². The van der Waals surface area contributed by atoms with Crippen LogP contribution in [0.4, 0.5) is 13.2 Å². The summed E-state index contributed by atoms with van der Waals surface area (Å²) in [6.45, 7) is -0.640. The van der Waals surface area contributed by atoms with Crippen molar-refractivity contribution in [2.24, 2.45) is 0 Å². The minimum atomic E-state index is -4.17. The van der Waals surface area contributed by atoms with Crippen molar-refractivity contribution in [3.05, 3.63) is 0 Å². The molecule has 0 amide bonds. The minimum absolute atomic E-state index is 0.112. The van der Waals surface area contributed by atoms with Crippen molar-refractivity contribution >= 4 is 0 Å². The molecule has 0 aromatic heterocycles. The lowest BCUT2D eigenvalue weighted by Crippen LogP contribution is -2.31. The van der Waals surface area contributed by atoms with Gasteiger partial charge in [0.1, 0.15) is 0 Å². The number of alkyl halides is 3. The summed E-state index contributed by atoms with van der Waals surface area (Å²) in [5.41, 5.74) is 0. The number of aliphatic hydroxyl groups excluding tert-OH is 1. The average Bonchev–Trinajstić information content (AvgIpc) is 1.94. The topological polar surface area (TPSA) is 41.5 Å². The maximum Gasteiger partial charge on any atom is 0.401 e. The minimum Gasteiger partial charge on any atom is -0.394 e. The van der Waals surface area contributed by atoms with Crippen LogP contribution < -0.4 is 5.32 Å². The van der Waals surface area contributed by atoms with Gasteiger partial charge in [0.2, 0.25) is 0 Å². The lowest BCUT2D eigenvalue weighted by Gasteiger charge is -2.07. The second-order valence-electron chi connectivity index (χ2n) is 2.13. The van der Waals surface area contributed by atoms with E-state index in [1.807, 2.05) is 0 Å². The van der Waals surface area contributed by atoms with Crippen LogP contribution in [0.25, 0.3) is 0 Å². The van der Waals surface area contributed by atoms with Gasteiger partial charge in [-0.25, -0.2) is 0 Å². The van der Waals surface area contributed by atoms with Crippen LogP contribution >= 0.6 is 0 Å². The Labute approximate surface area is 68.5 Å². The Balaban J connectivity index is 3.01. The first-order chi connectivity index (χ1) is 5.56. The summed E-state index contributed by atoms with van der Waals surface area (Å²) in [5.74, 6) is 0. The van der Waals surface area contributed by atoms with Gasteiger partial charge in [0.05, 0.1) is 26.4 Å². The quantitative estimate of drug-likeness (QED) is 0.581. The predicted molar refractivity (Wildman–Crippen MR) is 36.8 cm³/mol. The highest BCUT2D eigenvalue weighted by Gasteiger charge is 2.25. The summed E-state index contributed by atoms with van der Waals surface area (Å²) < 4.78 is 39.2. The van der Waals surface area contributed by atoms with Gasteiger partial charge >= 0.3 is 6.18 Å². The molecule has 6 heteroatoms. The molecule has 0 spiro atoms. The van der Waals surface area contributed by atoms with Crippen LogP contribution in [-0.4, -0.2) is 44.2 Å². The van der Waals surface area contributed by atoms with Crippen molar-refractivity contribution in [2.75, 3.05) is 32.9 Å². The Morgan fingerprint density at radius 2 is 1.92 bits per heavy atom. The first-order valence-corrected chi connectivity index (χ1v) is 3.52. The fraction of sp³-hybridized carbons (Fsp3) is 1.00. The Kier molecular flexibility index (Phi) is 6.04. The van der Waals surface area contributed by atoms with Gasteiger partial charge in [-0.1, -0.05) is 0 Å². The molecule has 0 aliphatic rings. The van der Waals surface area contributed by atoms with E-state index in [2.05, 4.69) is 5.32 Å². The lowest BCUT2D eigenvalue weighted by atomic mass is 10.6. The molecule has 0 aromatic rings. The molecule has 0 radical (unpaired) electrons. The van der Waals surface area contributed by atoms with Crippen LogP contribution in [0.15, 0.2) is 0 Å². The van der Waals surface area contributed by atoms with E-state index in [1.165, 1.54) is 0 Å². The third-order valence-corrected chi connectivity index (χ3v) is 0.984. The molecule has 0 bridgehead atoms. The van der Waals surface area contributed by atoms with Crippen molar-refractivity contribution < 1.29 is 23.0 Å². The average molecular weight is 187 g/mol. The van der Waals surface area contributed by atoms with E-state index in [0.717, 1.165) is 0 Å². The van der Waals surface area contributed by atoms with E-state index in [1.54, 1.807) is 0 Å². The van der Waals surface area contributed by atoms with E-state index >= 15 is 0 Å². The van der Waals surface area contributed by atoms with Crippen molar-refractivity contribution in [3.63, 3.8) is 0 Å². The zero-order valence-electron chi connectivity index (χ0n) is 6.52. The van der Waals surface area contributed by atoms with Gasteiger partial charge in [-0.05, 0) is 0 Å². The fourth-order valence-corrected chi connectivity index (χ4v) is 0.541. The van der Waals surface area contributed by atoms with Crippen LogP contribution in [0.2, 0.25) is 0 Å². The Morgan fingerprint density at radius 1 is 1.25 bits per heavy atom. The summed E-state index contributed by atoms with van der Waals surface area (Å²) in [6.07, 6.45) is -4.17. The molecular formula is C6H12F3NO2. The van der Waals surface area contributed by atoms with Crippen molar-refractivity contribution in [1.82, 2.24) is 5.32 Å². The maximum absolute atomic E-state index is 11.5. The smallest absolute Gasteiger partial charge is 0.394 e. The molecule has 0 saturated carbocycles. The van der Waals surface area contributed by atoms with Gasteiger partial charge in [-0.15, -0.1) is 0 Å². The molecule has 0 aromatic carbocycles. The first kappa shape index (κ1) is 11.7. The largest absolute Gasteiger partial charge is 0.401 e. The summed E-state index contributed by atoms with van der Waals surface area (Å²) in [6, 6.07) is 0. The standard InChI is InChI=1S/C6H12F3NO2/c7-6(8,9)5-10-1-3-12-4-2-11/h10-11H,1-5H2. The van der Waals surface area contributed by atoms with E-state index < -0.39 is 12.7 Å². The molecule has 0 unspecified atom stereocenters. The molecule has 0 rings (SSSR count). The normalized spacial score (nSPS) is 12.0. The summed E-state index contributed by atoms with van der Waals surface area (Å²) >= 11 is 0. The number of halogens is 3. The van der Waals surface area contributed by atoms with Gasteiger partial charge in [0, 0.05) is 6.54 Å². The summed E-state index contributed by atoms with van der Waals surface area (Å²) in [4.78, 5) is 0. The van der Waals surface area contributed by atoms with Gasteiger partial charge in [-0.2, -0.15) is 13.2 Å². The SMILES string of the molecule is OCCOCCNCC(F)(F)F. The highest BCUT2D eigenvalue weighted by Crippen LogP contribution is 2.11. The molecule has 0 atom stereocenters. The second-order valence-corrected chi connectivity index (χ2v) is 2.13. The molecule has 0 aliphatic carbocycles. The predicted octanol–water partition coefficient (Wildman–Crippen LogP) is 0.147. The van der Waals surface area contributed by atoms with Crippen LogP contribution in [-0.2, 0) is 4.74 Å². The zero-order chi connectivity index (χ0) is 9.45. The second kappa shape index (κ2) is 6.22. The number of nitrogens with one attached hydrogen (secondary N) is 1. The molecule has 0 fully saturated rings. The van der Waals surface area contributed by atoms with E-state index in [4.69, 9.17) is 9.84 Å². The lowest BCUT2D eigenvalue weighted by molar-refractivity contribution is -0.125. The summed E-state index contributed by atoms with van der Waals surface area (Å²) in [7, 11) is 0. The van der Waals surface area contributed by atoms with Crippen LogP contribution in [0.1, 0.15) is 0 Å². The van der Waals surface area contributed by atoms with Gasteiger partial charge < -0.3 is 15.2 Å². The number of aliphatic hydroxyl groups is 1. The van der Waals surface area contributed by atoms with E-state index in [9.17, 15) is 13.2 Å². The molecule has 12 heavy (non-hydrogen) atoms. The number of rotatable bonds is 6. The highest BCUT2D eigenvalue weighted by molar-refractivity contribution is 4.54. The monoisotopic (exact) mass is 187 g/mol. The number of hydrogen-bond acceptors (Lipinski definition) is 3. The van der Waals surface area contributed by atoms with Gasteiger partial charge in [0.15, 0.2) is 0 Å². The summed E-state index contributed by atoms with van der Waals surface area (Å²) in [5, 5.41) is 10.4. The molecule has 3 nitrogen and oxygen atoms in total. The molecule has 74 valence electrons. The maximum atomic E-state index is 11.5. The first-order valence-electron chi connectivity index (χ1n) is 3.52. The molecule has 2 N–H and O–H groups in total. The van der Waals surface area contributed by atoms with E-state index in [0.29, 0.717) is 0 Å². The Morgan fingerprint density at radius 3 is 2.42 bits per heavy atom. The van der Waals surface area contributed by atoms with Crippen LogP contribution in [0, 0.1) is 0 Å². The molecular weight excluding hydrogens is 175 g/mol. The molecule has 0 heterocycles. The van der Waals surface area contributed by atoms with Crippen molar-refractivity contribution in [3.8, 4) is 0 Å². The van der Waals surface area contributed by atoms with Crippen LogP contribution in [0.5, 0.6) is 0 Å². The third kappa shape index (κ3) is 9.67. The van der Waals surface area contributed by atoms with Crippen LogP contribution in [0.3, 0.4) is 0 Å². The highest BCUT2D eigenvalue weighted by atomic mass is 19.4. The van der Waals surface area contributed by atoms with Gasteiger partial charge in [0.25, 0.3) is 0 Å². The number of hydrogen-bond donors (Lipinski definition) is 2. The number of ether oxygens (including phenoxy) is 1. The zero-order valence-corrected chi connectivity index (χ0v) is 6.52. The van der Waals surface area contributed by atoms with Crippen molar-refractivity contribution in [1.29, 1.82) is 0 Å². The van der Waals surface area contributed by atoms with Gasteiger partial charge in [-0.3, -0.25) is 0 Å². The fourth-order valence-electron chi connectivity index (χ4n) is 0.541. The molecule has 0 saturated heterocycles. The Hall–Kier alpha value is -0.330. The van der Waals surface area contributed by atoms with Crippen molar-refractivity contribution in [2.45, 2.75) is 6.18 Å². The molecule has 0 aliphatic heterocycles. The Bertz CT molecular complexity index is 107. The third-order valence-electron chi connectivity index (χ3n) is 0.984.